The molecule has 0 bridgehead atoms. The van der Waals surface area contributed by atoms with E-state index < -0.39 is 0 Å². The number of unbranched alkanes of at least 4 members (excludes halogenated alkanes) is 1. The fourth-order valence-electron chi connectivity index (χ4n) is 2.07. The number of thiophene rings is 1. The highest BCUT2D eigenvalue weighted by molar-refractivity contribution is 7.18. The van der Waals surface area contributed by atoms with Gasteiger partial charge in [0.15, 0.2) is 0 Å². The van der Waals surface area contributed by atoms with Gasteiger partial charge in [0.05, 0.1) is 0 Å². The molecule has 0 spiro atoms. The summed E-state index contributed by atoms with van der Waals surface area (Å²) in [5.41, 5.74) is 0. The maximum atomic E-state index is 6.34. The largest absolute Gasteiger partial charge is 0.341 e. The molecule has 0 fully saturated rings. The second kappa shape index (κ2) is 6.72. The van der Waals surface area contributed by atoms with E-state index in [2.05, 4.69) is 43.6 Å². The lowest BCUT2D eigenvalue weighted by Crippen LogP contribution is -2.25. The molecule has 0 unspecified atom stereocenters. The molecule has 3 nitrogen and oxygen atoms in total. The number of hydrogen-bond donors (Lipinski definition) is 0. The molecule has 0 aliphatic heterocycles. The molecule has 110 valence electrons. The maximum absolute atomic E-state index is 6.34. The number of anilines is 1. The summed E-state index contributed by atoms with van der Waals surface area (Å²) in [6, 6.07) is 2.12. The average molecular weight is 312 g/mol. The first-order valence-electron chi connectivity index (χ1n) is 7.28. The third-order valence-electron chi connectivity index (χ3n) is 3.37. The minimum Gasteiger partial charge on any atom is -0.341 e. The quantitative estimate of drug-likeness (QED) is 0.695. The molecule has 0 saturated heterocycles. The second-order valence-corrected chi connectivity index (χ2v) is 6.69. The molecular weight excluding hydrogens is 290 g/mol. The molecule has 0 atom stereocenters. The van der Waals surface area contributed by atoms with Crippen molar-refractivity contribution in [2.24, 2.45) is 0 Å². The van der Waals surface area contributed by atoms with Gasteiger partial charge in [-0.25, -0.2) is 9.97 Å². The van der Waals surface area contributed by atoms with E-state index in [1.165, 1.54) is 11.3 Å². The molecule has 0 amide bonds. The van der Waals surface area contributed by atoms with Crippen LogP contribution < -0.4 is 4.90 Å². The molecule has 0 N–H and O–H groups in total. The third-order valence-corrected chi connectivity index (χ3v) is 4.99. The highest BCUT2D eigenvalue weighted by Crippen LogP contribution is 2.34. The van der Waals surface area contributed by atoms with Crippen molar-refractivity contribution in [1.29, 1.82) is 0 Å². The molecule has 0 radical (unpaired) electrons. The molecule has 2 heterocycles. The molecule has 0 aliphatic carbocycles. The summed E-state index contributed by atoms with van der Waals surface area (Å²) in [4.78, 5) is 13.7. The normalized spacial score (nSPS) is 11.5. The van der Waals surface area contributed by atoms with Crippen molar-refractivity contribution in [3.05, 3.63) is 16.1 Å². The Labute approximate surface area is 130 Å². The number of hydrogen-bond acceptors (Lipinski definition) is 4. The highest BCUT2D eigenvalue weighted by Gasteiger charge is 2.15. The molecule has 20 heavy (non-hydrogen) atoms. The fraction of sp³-hybridized carbons (Fsp3) is 0.600. The Kier molecular flexibility index (Phi) is 5.22. The summed E-state index contributed by atoms with van der Waals surface area (Å²) in [7, 11) is 0. The van der Waals surface area contributed by atoms with Gasteiger partial charge in [0.2, 0.25) is 5.95 Å². The Bertz CT molecular complexity index is 580. The number of fused-ring (bicyclic) bond motifs is 1. The maximum Gasteiger partial charge on any atom is 0.228 e. The van der Waals surface area contributed by atoms with E-state index in [0.29, 0.717) is 11.1 Å². The first-order valence-corrected chi connectivity index (χ1v) is 8.48. The van der Waals surface area contributed by atoms with Gasteiger partial charge in [0.1, 0.15) is 9.98 Å². The molecular formula is C15H22ClN3S. The van der Waals surface area contributed by atoms with Crippen LogP contribution in [0.3, 0.4) is 0 Å². The average Bonchev–Trinajstić information content (AvgIpc) is 2.84. The van der Waals surface area contributed by atoms with Crippen LogP contribution in [-0.2, 0) is 0 Å². The number of nitrogens with zero attached hydrogens (tertiary/aromatic N) is 3. The first kappa shape index (κ1) is 15.5. The van der Waals surface area contributed by atoms with Crippen molar-refractivity contribution < 1.29 is 0 Å². The lowest BCUT2D eigenvalue weighted by molar-refractivity contribution is 0.716. The fourth-order valence-corrected chi connectivity index (χ4v) is 3.37. The highest BCUT2D eigenvalue weighted by atomic mass is 35.5. The molecule has 2 rings (SSSR count). The standard InChI is InChI=1S/C15H22ClN3S/c1-5-7-8-19(6-2)15-17-13(16)11-9-12(10(3)4)20-14(11)18-15/h9-10H,5-8H2,1-4H3. The van der Waals surface area contributed by atoms with Crippen molar-refractivity contribution in [3.8, 4) is 0 Å². The Hall–Kier alpha value is -0.870. The SMILES string of the molecule is CCCCN(CC)c1nc(Cl)c2cc(C(C)C)sc2n1. The van der Waals surface area contributed by atoms with Crippen LogP contribution in [0.4, 0.5) is 5.95 Å². The van der Waals surface area contributed by atoms with E-state index in [0.717, 1.165) is 35.7 Å². The molecule has 2 aromatic rings. The van der Waals surface area contributed by atoms with Crippen LogP contribution in [0.15, 0.2) is 6.07 Å². The van der Waals surface area contributed by atoms with Crippen LogP contribution in [0.25, 0.3) is 10.2 Å². The van der Waals surface area contributed by atoms with E-state index in [1.807, 2.05) is 0 Å². The summed E-state index contributed by atoms with van der Waals surface area (Å²) in [5.74, 6) is 1.26. The monoisotopic (exact) mass is 311 g/mol. The third kappa shape index (κ3) is 3.23. The van der Waals surface area contributed by atoms with E-state index in [9.17, 15) is 0 Å². The van der Waals surface area contributed by atoms with Gasteiger partial charge in [0.25, 0.3) is 0 Å². The summed E-state index contributed by atoms with van der Waals surface area (Å²) >= 11 is 8.07. The zero-order valence-electron chi connectivity index (χ0n) is 12.6. The molecule has 2 aromatic heterocycles. The van der Waals surface area contributed by atoms with Gasteiger partial charge in [-0.3, -0.25) is 0 Å². The van der Waals surface area contributed by atoms with Crippen LogP contribution in [0, 0.1) is 0 Å². The Morgan fingerprint density at radius 2 is 2.05 bits per heavy atom. The van der Waals surface area contributed by atoms with Gasteiger partial charge in [0, 0.05) is 23.4 Å². The first-order chi connectivity index (χ1) is 9.56. The van der Waals surface area contributed by atoms with E-state index in [1.54, 1.807) is 11.3 Å². The predicted molar refractivity (Wildman–Crippen MR) is 89.3 cm³/mol. The van der Waals surface area contributed by atoms with Gasteiger partial charge < -0.3 is 4.90 Å². The Morgan fingerprint density at radius 3 is 2.65 bits per heavy atom. The second-order valence-electron chi connectivity index (χ2n) is 5.27. The van der Waals surface area contributed by atoms with Crippen molar-refractivity contribution in [3.63, 3.8) is 0 Å². The van der Waals surface area contributed by atoms with Crippen LogP contribution in [0.1, 0.15) is 51.3 Å². The van der Waals surface area contributed by atoms with Gasteiger partial charge >= 0.3 is 0 Å². The number of halogens is 1. The minimum atomic E-state index is 0.496. The van der Waals surface area contributed by atoms with Crippen LogP contribution in [0.5, 0.6) is 0 Å². The number of rotatable bonds is 6. The summed E-state index contributed by atoms with van der Waals surface area (Å²) in [5, 5.41) is 1.55. The van der Waals surface area contributed by atoms with Crippen molar-refractivity contribution in [1.82, 2.24) is 9.97 Å². The minimum absolute atomic E-state index is 0.496. The van der Waals surface area contributed by atoms with E-state index in [-0.39, 0.29) is 0 Å². The van der Waals surface area contributed by atoms with Crippen LogP contribution >= 0.6 is 22.9 Å². The van der Waals surface area contributed by atoms with Crippen molar-refractivity contribution in [2.45, 2.75) is 46.5 Å². The molecule has 0 aliphatic rings. The van der Waals surface area contributed by atoms with Gasteiger partial charge in [-0.1, -0.05) is 38.8 Å². The Morgan fingerprint density at radius 1 is 1.30 bits per heavy atom. The van der Waals surface area contributed by atoms with Gasteiger partial charge in [-0.05, 0) is 25.3 Å². The van der Waals surface area contributed by atoms with Crippen molar-refractivity contribution in [2.75, 3.05) is 18.0 Å². The molecule has 0 saturated carbocycles. The summed E-state index contributed by atoms with van der Waals surface area (Å²) in [6.45, 7) is 10.6. The topological polar surface area (TPSA) is 29.0 Å². The molecule has 5 heteroatoms. The zero-order chi connectivity index (χ0) is 14.7. The predicted octanol–water partition coefficient (Wildman–Crippen LogP) is 5.09. The molecule has 0 aromatic carbocycles. The zero-order valence-corrected chi connectivity index (χ0v) is 14.2. The van der Waals surface area contributed by atoms with Crippen LogP contribution in [0.2, 0.25) is 5.15 Å². The summed E-state index contributed by atoms with van der Waals surface area (Å²) in [6.07, 6.45) is 2.32. The van der Waals surface area contributed by atoms with Gasteiger partial charge in [-0.15, -0.1) is 11.3 Å². The van der Waals surface area contributed by atoms with Crippen LogP contribution in [-0.4, -0.2) is 23.1 Å². The lowest BCUT2D eigenvalue weighted by atomic mass is 10.2. The van der Waals surface area contributed by atoms with E-state index in [4.69, 9.17) is 16.6 Å². The van der Waals surface area contributed by atoms with Crippen molar-refractivity contribution >= 4 is 39.1 Å². The lowest BCUT2D eigenvalue weighted by Gasteiger charge is -2.20. The van der Waals surface area contributed by atoms with E-state index >= 15 is 0 Å². The summed E-state index contributed by atoms with van der Waals surface area (Å²) < 4.78 is 0. The smallest absolute Gasteiger partial charge is 0.228 e. The number of aromatic nitrogens is 2. The van der Waals surface area contributed by atoms with Gasteiger partial charge in [-0.2, -0.15) is 0 Å². The Balaban J connectivity index is 2.40.